The van der Waals surface area contributed by atoms with Gasteiger partial charge in [0.05, 0.1) is 5.92 Å². The van der Waals surface area contributed by atoms with Crippen molar-refractivity contribution in [2.45, 2.75) is 51.1 Å². The molecule has 1 amide bonds. The van der Waals surface area contributed by atoms with Gasteiger partial charge in [-0.05, 0) is 38.5 Å². The molecule has 3 atom stereocenters. The van der Waals surface area contributed by atoms with Crippen LogP contribution in [0.3, 0.4) is 0 Å². The Morgan fingerprint density at radius 2 is 2.00 bits per heavy atom. The lowest BCUT2D eigenvalue weighted by Gasteiger charge is -2.29. The van der Waals surface area contributed by atoms with E-state index < -0.39 is 0 Å². The average molecular weight is 240 g/mol. The lowest BCUT2D eigenvalue weighted by atomic mass is 9.92. The van der Waals surface area contributed by atoms with Crippen LogP contribution in [-0.4, -0.2) is 31.2 Å². The van der Waals surface area contributed by atoms with E-state index in [0.717, 1.165) is 45.3 Å². The van der Waals surface area contributed by atoms with E-state index in [1.54, 1.807) is 0 Å². The van der Waals surface area contributed by atoms with E-state index >= 15 is 0 Å². The minimum absolute atomic E-state index is 0.0392. The molecule has 0 aromatic rings. The molecule has 0 bridgehead atoms. The fourth-order valence-corrected chi connectivity index (χ4v) is 2.98. The zero-order valence-electron chi connectivity index (χ0n) is 10.7. The summed E-state index contributed by atoms with van der Waals surface area (Å²) in [5.74, 6) is 0.761. The first-order chi connectivity index (χ1) is 8.18. The number of carbonyl (C=O) groups excluding carboxylic acids is 1. The summed E-state index contributed by atoms with van der Waals surface area (Å²) in [6, 6.07) is 0.316. The first-order valence-electron chi connectivity index (χ1n) is 6.82. The molecule has 4 nitrogen and oxygen atoms in total. The predicted molar refractivity (Wildman–Crippen MR) is 66.5 cm³/mol. The van der Waals surface area contributed by atoms with E-state index in [4.69, 9.17) is 10.5 Å². The van der Waals surface area contributed by atoms with Gasteiger partial charge in [-0.3, -0.25) is 4.79 Å². The summed E-state index contributed by atoms with van der Waals surface area (Å²) in [5.41, 5.74) is 5.95. The molecule has 1 aliphatic carbocycles. The molecule has 1 aliphatic heterocycles. The van der Waals surface area contributed by atoms with Crippen LogP contribution in [0.25, 0.3) is 0 Å². The van der Waals surface area contributed by atoms with Gasteiger partial charge in [0.25, 0.3) is 0 Å². The predicted octanol–water partition coefficient (Wildman–Crippen LogP) is 1.05. The van der Waals surface area contributed by atoms with E-state index in [1.165, 1.54) is 0 Å². The molecular formula is C13H24N2O2. The van der Waals surface area contributed by atoms with Gasteiger partial charge in [0, 0.05) is 25.3 Å². The van der Waals surface area contributed by atoms with Crippen LogP contribution in [0.4, 0.5) is 0 Å². The summed E-state index contributed by atoms with van der Waals surface area (Å²) in [6.07, 6.45) is 5.14. The first-order valence-corrected chi connectivity index (χ1v) is 6.82. The summed E-state index contributed by atoms with van der Waals surface area (Å²) in [7, 11) is 0. The number of carbonyl (C=O) groups is 1. The molecule has 98 valence electrons. The molecule has 3 unspecified atom stereocenters. The normalized spacial score (nSPS) is 32.4. The Hall–Kier alpha value is -0.610. The highest BCUT2D eigenvalue weighted by Gasteiger charge is 2.32. The Kier molecular flexibility index (Phi) is 4.40. The monoisotopic (exact) mass is 240 g/mol. The summed E-state index contributed by atoms with van der Waals surface area (Å²) in [6.45, 7) is 3.76. The Morgan fingerprint density at radius 1 is 1.29 bits per heavy atom. The van der Waals surface area contributed by atoms with Crippen molar-refractivity contribution in [3.05, 3.63) is 0 Å². The summed E-state index contributed by atoms with van der Waals surface area (Å²) >= 11 is 0. The van der Waals surface area contributed by atoms with E-state index in [-0.39, 0.29) is 23.9 Å². The number of nitrogens with two attached hydrogens (primary N) is 1. The highest BCUT2D eigenvalue weighted by Crippen LogP contribution is 2.25. The van der Waals surface area contributed by atoms with Crippen molar-refractivity contribution in [1.82, 2.24) is 5.32 Å². The maximum Gasteiger partial charge on any atom is 0.224 e. The van der Waals surface area contributed by atoms with Gasteiger partial charge in [-0.15, -0.1) is 0 Å². The molecule has 1 heterocycles. The molecule has 0 spiro atoms. The standard InChI is InChI=1S/C13H24N2O2/c1-9(10-5-7-17-8-6-10)15-13(16)11-3-2-4-12(11)14/h9-12H,2-8,14H2,1H3,(H,15,16). The Labute approximate surface area is 103 Å². The lowest BCUT2D eigenvalue weighted by molar-refractivity contribution is -0.126. The number of hydrogen-bond acceptors (Lipinski definition) is 3. The highest BCUT2D eigenvalue weighted by molar-refractivity contribution is 5.80. The van der Waals surface area contributed by atoms with Crippen molar-refractivity contribution in [3.63, 3.8) is 0 Å². The van der Waals surface area contributed by atoms with Crippen molar-refractivity contribution in [2.24, 2.45) is 17.6 Å². The van der Waals surface area contributed by atoms with Crippen molar-refractivity contribution in [2.75, 3.05) is 13.2 Å². The fourth-order valence-electron chi connectivity index (χ4n) is 2.98. The summed E-state index contributed by atoms with van der Waals surface area (Å²) in [4.78, 5) is 12.1. The number of hydrogen-bond donors (Lipinski definition) is 2. The van der Waals surface area contributed by atoms with Gasteiger partial charge in [0.1, 0.15) is 0 Å². The SMILES string of the molecule is CC(NC(=O)C1CCCC1N)C1CCOCC1. The lowest BCUT2D eigenvalue weighted by Crippen LogP contribution is -2.45. The molecule has 2 fully saturated rings. The van der Waals surface area contributed by atoms with Gasteiger partial charge >= 0.3 is 0 Å². The maximum absolute atomic E-state index is 12.1. The second kappa shape index (κ2) is 5.83. The molecule has 1 saturated carbocycles. The van der Waals surface area contributed by atoms with Crippen LogP contribution in [0.2, 0.25) is 0 Å². The molecule has 0 aromatic carbocycles. The second-order valence-corrected chi connectivity index (χ2v) is 5.45. The Balaban J connectivity index is 1.80. The van der Waals surface area contributed by atoms with Gasteiger partial charge in [-0.1, -0.05) is 6.42 Å². The highest BCUT2D eigenvalue weighted by atomic mass is 16.5. The average Bonchev–Trinajstić information content (AvgIpc) is 2.76. The molecule has 2 aliphatic rings. The van der Waals surface area contributed by atoms with E-state index in [2.05, 4.69) is 12.2 Å². The molecular weight excluding hydrogens is 216 g/mol. The van der Waals surface area contributed by atoms with Crippen LogP contribution in [0.1, 0.15) is 39.0 Å². The topological polar surface area (TPSA) is 64.4 Å². The molecule has 1 saturated heterocycles. The van der Waals surface area contributed by atoms with Crippen LogP contribution in [0.15, 0.2) is 0 Å². The largest absolute Gasteiger partial charge is 0.381 e. The summed E-state index contributed by atoms with van der Waals surface area (Å²) < 4.78 is 5.34. The van der Waals surface area contributed by atoms with Gasteiger partial charge in [0.2, 0.25) is 5.91 Å². The summed E-state index contributed by atoms with van der Waals surface area (Å²) in [5, 5.41) is 3.15. The zero-order chi connectivity index (χ0) is 12.3. The van der Waals surface area contributed by atoms with Gasteiger partial charge < -0.3 is 15.8 Å². The van der Waals surface area contributed by atoms with Crippen LogP contribution in [0, 0.1) is 11.8 Å². The number of ether oxygens (including phenoxy) is 1. The van der Waals surface area contributed by atoms with Gasteiger partial charge in [-0.25, -0.2) is 0 Å². The van der Waals surface area contributed by atoms with Crippen molar-refractivity contribution >= 4 is 5.91 Å². The van der Waals surface area contributed by atoms with Gasteiger partial charge in [0.15, 0.2) is 0 Å². The van der Waals surface area contributed by atoms with Crippen molar-refractivity contribution in [3.8, 4) is 0 Å². The molecule has 3 N–H and O–H groups in total. The number of rotatable bonds is 3. The molecule has 0 aromatic heterocycles. The van der Waals surface area contributed by atoms with Crippen LogP contribution in [-0.2, 0) is 9.53 Å². The third-order valence-corrected chi connectivity index (χ3v) is 4.25. The molecule has 17 heavy (non-hydrogen) atoms. The number of amides is 1. The molecule has 0 radical (unpaired) electrons. The minimum Gasteiger partial charge on any atom is -0.381 e. The molecule has 4 heteroatoms. The smallest absolute Gasteiger partial charge is 0.224 e. The molecule has 2 rings (SSSR count). The number of nitrogens with one attached hydrogen (secondary N) is 1. The third kappa shape index (κ3) is 3.19. The third-order valence-electron chi connectivity index (χ3n) is 4.25. The Bertz CT molecular complexity index is 264. The van der Waals surface area contributed by atoms with Gasteiger partial charge in [-0.2, -0.15) is 0 Å². The maximum atomic E-state index is 12.1. The van der Waals surface area contributed by atoms with Crippen LogP contribution < -0.4 is 11.1 Å². The van der Waals surface area contributed by atoms with E-state index in [0.29, 0.717) is 5.92 Å². The van der Waals surface area contributed by atoms with E-state index in [9.17, 15) is 4.79 Å². The Morgan fingerprint density at radius 3 is 2.59 bits per heavy atom. The van der Waals surface area contributed by atoms with Crippen LogP contribution >= 0.6 is 0 Å². The first kappa shape index (κ1) is 12.8. The van der Waals surface area contributed by atoms with Crippen molar-refractivity contribution < 1.29 is 9.53 Å². The fraction of sp³-hybridized carbons (Fsp3) is 0.923. The second-order valence-electron chi connectivity index (χ2n) is 5.45. The quantitative estimate of drug-likeness (QED) is 0.775. The zero-order valence-corrected chi connectivity index (χ0v) is 10.7. The van der Waals surface area contributed by atoms with E-state index in [1.807, 2.05) is 0 Å². The van der Waals surface area contributed by atoms with Crippen LogP contribution in [0.5, 0.6) is 0 Å². The minimum atomic E-state index is 0.0392. The van der Waals surface area contributed by atoms with Crippen molar-refractivity contribution in [1.29, 1.82) is 0 Å².